The number of halogens is 1. The van der Waals surface area contributed by atoms with Crippen LogP contribution in [0.2, 0.25) is 5.02 Å². The van der Waals surface area contributed by atoms with Crippen LogP contribution in [-0.2, 0) is 4.74 Å². The first-order valence-electron chi connectivity index (χ1n) is 10.6. The first-order valence-corrected chi connectivity index (χ1v) is 11.0. The number of hydrogen-bond donors (Lipinski definition) is 2. The van der Waals surface area contributed by atoms with E-state index in [9.17, 15) is 9.59 Å². The van der Waals surface area contributed by atoms with E-state index in [-0.39, 0.29) is 11.5 Å². The number of nitrogens with one attached hydrogen (secondary N) is 2. The Morgan fingerprint density at radius 2 is 1.74 bits per heavy atom. The number of ether oxygens (including phenoxy) is 2. The minimum absolute atomic E-state index is 0.253. The van der Waals surface area contributed by atoms with E-state index in [1.54, 1.807) is 63.2 Å². The quantitative estimate of drug-likeness (QED) is 0.400. The monoisotopic (exact) mass is 494 g/mol. The molecule has 0 spiro atoms. The lowest BCUT2D eigenvalue weighted by Crippen LogP contribution is -2.27. The van der Waals surface area contributed by atoms with Gasteiger partial charge in [-0.05, 0) is 63.2 Å². The molecule has 0 saturated heterocycles. The van der Waals surface area contributed by atoms with Crippen LogP contribution >= 0.6 is 11.6 Å². The molecule has 0 aliphatic carbocycles. The van der Waals surface area contributed by atoms with Gasteiger partial charge in [0.2, 0.25) is 5.95 Å². The molecule has 2 N–H and O–H groups in total. The number of amides is 1. The van der Waals surface area contributed by atoms with Crippen LogP contribution < -0.4 is 20.9 Å². The summed E-state index contributed by atoms with van der Waals surface area (Å²) in [4.78, 5) is 37.7. The van der Waals surface area contributed by atoms with E-state index in [0.717, 1.165) is 0 Å². The predicted molar refractivity (Wildman–Crippen MR) is 134 cm³/mol. The van der Waals surface area contributed by atoms with Crippen LogP contribution in [0.5, 0.6) is 5.75 Å². The molecule has 0 aliphatic rings. The molecule has 0 bridgehead atoms. The van der Waals surface area contributed by atoms with Crippen molar-refractivity contribution in [3.05, 3.63) is 70.2 Å². The van der Waals surface area contributed by atoms with Gasteiger partial charge in [0.05, 0.1) is 30.2 Å². The maximum atomic E-state index is 12.7. The summed E-state index contributed by atoms with van der Waals surface area (Å²) in [5, 5.41) is 6.16. The van der Waals surface area contributed by atoms with Crippen molar-refractivity contribution in [2.75, 3.05) is 17.7 Å². The van der Waals surface area contributed by atoms with E-state index >= 15 is 0 Å². The standard InChI is InChI=1S/C24H23ClN6O4/c1-24(2,3)35-23(33)29-14-5-8-16(9-6-14)31-20(32)13-26-18-12-27-22(30-21(18)31)28-15-7-10-19(34-4)17(25)11-15/h5-13H,1-4H3,(H,29,33)(H,27,28,30). The molecule has 4 rings (SSSR count). The molecule has 2 heterocycles. The maximum absolute atomic E-state index is 12.7. The third kappa shape index (κ3) is 5.67. The van der Waals surface area contributed by atoms with E-state index in [0.29, 0.717) is 39.0 Å². The lowest BCUT2D eigenvalue weighted by atomic mass is 10.2. The fourth-order valence-corrected chi connectivity index (χ4v) is 3.46. The first kappa shape index (κ1) is 24.0. The van der Waals surface area contributed by atoms with Crippen molar-refractivity contribution in [2.45, 2.75) is 26.4 Å². The number of fused-ring (bicyclic) bond motifs is 1. The molecule has 180 valence electrons. The molecule has 11 heteroatoms. The van der Waals surface area contributed by atoms with Crippen molar-refractivity contribution in [3.63, 3.8) is 0 Å². The van der Waals surface area contributed by atoms with Gasteiger partial charge in [-0.2, -0.15) is 4.98 Å². The van der Waals surface area contributed by atoms with Gasteiger partial charge >= 0.3 is 6.09 Å². The topological polar surface area (TPSA) is 120 Å². The van der Waals surface area contributed by atoms with Crippen LogP contribution in [0, 0.1) is 0 Å². The Balaban J connectivity index is 1.65. The van der Waals surface area contributed by atoms with Gasteiger partial charge in [0.15, 0.2) is 5.65 Å². The number of benzene rings is 2. The summed E-state index contributed by atoms with van der Waals surface area (Å²) in [7, 11) is 1.53. The van der Waals surface area contributed by atoms with Gasteiger partial charge < -0.3 is 14.8 Å². The van der Waals surface area contributed by atoms with Crippen LogP contribution in [0.1, 0.15) is 20.8 Å². The van der Waals surface area contributed by atoms with E-state index in [1.165, 1.54) is 24.1 Å². The molecule has 0 atom stereocenters. The number of nitrogens with zero attached hydrogens (tertiary/aromatic N) is 4. The van der Waals surface area contributed by atoms with E-state index in [4.69, 9.17) is 21.1 Å². The maximum Gasteiger partial charge on any atom is 0.412 e. The largest absolute Gasteiger partial charge is 0.495 e. The highest BCUT2D eigenvalue weighted by Gasteiger charge is 2.16. The van der Waals surface area contributed by atoms with Crippen molar-refractivity contribution in [1.82, 2.24) is 19.5 Å². The molecule has 35 heavy (non-hydrogen) atoms. The summed E-state index contributed by atoms with van der Waals surface area (Å²) in [6, 6.07) is 11.9. The lowest BCUT2D eigenvalue weighted by Gasteiger charge is -2.19. The Morgan fingerprint density at radius 3 is 2.40 bits per heavy atom. The van der Waals surface area contributed by atoms with Gasteiger partial charge in [-0.3, -0.25) is 14.7 Å². The summed E-state index contributed by atoms with van der Waals surface area (Å²) in [5.41, 5.74) is 1.45. The smallest absolute Gasteiger partial charge is 0.412 e. The van der Waals surface area contributed by atoms with Crippen molar-refractivity contribution in [2.24, 2.45) is 0 Å². The number of anilines is 3. The molecule has 2 aromatic heterocycles. The van der Waals surface area contributed by atoms with Gasteiger partial charge in [-0.15, -0.1) is 0 Å². The van der Waals surface area contributed by atoms with Crippen LogP contribution in [0.3, 0.4) is 0 Å². The number of methoxy groups -OCH3 is 1. The van der Waals surface area contributed by atoms with Crippen molar-refractivity contribution in [1.29, 1.82) is 0 Å². The normalized spacial score (nSPS) is 11.2. The molecule has 0 unspecified atom stereocenters. The summed E-state index contributed by atoms with van der Waals surface area (Å²) in [6.45, 7) is 5.35. The minimum atomic E-state index is -0.615. The summed E-state index contributed by atoms with van der Waals surface area (Å²) in [5.74, 6) is 0.794. The van der Waals surface area contributed by atoms with Gasteiger partial charge in [0, 0.05) is 11.4 Å². The average Bonchev–Trinajstić information content (AvgIpc) is 2.78. The minimum Gasteiger partial charge on any atom is -0.495 e. The third-order valence-corrected chi connectivity index (χ3v) is 4.97. The molecule has 2 aromatic carbocycles. The Hall–Kier alpha value is -4.18. The molecular weight excluding hydrogens is 472 g/mol. The highest BCUT2D eigenvalue weighted by Crippen LogP contribution is 2.28. The van der Waals surface area contributed by atoms with E-state index in [2.05, 4.69) is 25.6 Å². The predicted octanol–water partition coefficient (Wildman–Crippen LogP) is 4.93. The highest BCUT2D eigenvalue weighted by atomic mass is 35.5. The molecule has 0 radical (unpaired) electrons. The molecule has 10 nitrogen and oxygen atoms in total. The number of carbonyl (C=O) groups is 1. The van der Waals surface area contributed by atoms with Gasteiger partial charge in [0.1, 0.15) is 16.9 Å². The fraction of sp³-hybridized carbons (Fsp3) is 0.208. The SMILES string of the molecule is COc1ccc(Nc2ncc3ncc(=O)n(-c4ccc(NC(=O)OC(C)(C)C)cc4)c3n2)cc1Cl. The second-order valence-electron chi connectivity index (χ2n) is 8.48. The van der Waals surface area contributed by atoms with E-state index < -0.39 is 11.7 Å². The van der Waals surface area contributed by atoms with Crippen LogP contribution in [0.15, 0.2) is 59.7 Å². The van der Waals surface area contributed by atoms with Crippen LogP contribution in [-0.4, -0.2) is 38.3 Å². The van der Waals surface area contributed by atoms with Crippen molar-refractivity contribution >= 4 is 46.2 Å². The Morgan fingerprint density at radius 1 is 1.03 bits per heavy atom. The summed E-state index contributed by atoms with van der Waals surface area (Å²) >= 11 is 6.20. The lowest BCUT2D eigenvalue weighted by molar-refractivity contribution is 0.0636. The zero-order valence-corrected chi connectivity index (χ0v) is 20.3. The fourth-order valence-electron chi connectivity index (χ4n) is 3.21. The number of carbonyl (C=O) groups excluding carboxylic acids is 1. The average molecular weight is 495 g/mol. The van der Waals surface area contributed by atoms with E-state index in [1.807, 2.05) is 0 Å². The number of hydrogen-bond acceptors (Lipinski definition) is 8. The van der Waals surface area contributed by atoms with Gasteiger partial charge in [0.25, 0.3) is 5.56 Å². The van der Waals surface area contributed by atoms with Gasteiger partial charge in [-0.1, -0.05) is 11.6 Å². The highest BCUT2D eigenvalue weighted by molar-refractivity contribution is 6.32. The molecule has 0 saturated carbocycles. The van der Waals surface area contributed by atoms with Crippen LogP contribution in [0.4, 0.5) is 22.1 Å². The second kappa shape index (κ2) is 9.59. The Labute approximate surface area is 205 Å². The second-order valence-corrected chi connectivity index (χ2v) is 8.89. The Kier molecular flexibility index (Phi) is 6.57. The Bertz CT molecular complexity index is 1450. The summed E-state index contributed by atoms with van der Waals surface area (Å²) < 4.78 is 11.8. The molecule has 0 fully saturated rings. The number of aromatic nitrogens is 4. The van der Waals surface area contributed by atoms with Gasteiger partial charge in [-0.25, -0.2) is 14.8 Å². The first-order chi connectivity index (χ1) is 16.6. The third-order valence-electron chi connectivity index (χ3n) is 4.68. The molecular formula is C24H23ClN6O4. The number of rotatable bonds is 5. The molecule has 0 aliphatic heterocycles. The summed E-state index contributed by atoms with van der Waals surface area (Å²) in [6.07, 6.45) is 2.15. The molecule has 1 amide bonds. The molecule has 4 aromatic rings. The van der Waals surface area contributed by atoms with Crippen LogP contribution in [0.25, 0.3) is 16.9 Å². The van der Waals surface area contributed by atoms with Crippen molar-refractivity contribution in [3.8, 4) is 11.4 Å². The zero-order valence-electron chi connectivity index (χ0n) is 19.5. The van der Waals surface area contributed by atoms with Crippen molar-refractivity contribution < 1.29 is 14.3 Å². The zero-order chi connectivity index (χ0) is 25.2.